The minimum Gasteiger partial charge on any atom is -0.361 e. The van der Waals surface area contributed by atoms with Crippen molar-refractivity contribution in [2.45, 2.75) is 23.8 Å². The van der Waals surface area contributed by atoms with Crippen LogP contribution in [0.2, 0.25) is 0 Å². The lowest BCUT2D eigenvalue weighted by Gasteiger charge is -2.34. The van der Waals surface area contributed by atoms with E-state index in [1.54, 1.807) is 4.90 Å². The van der Waals surface area contributed by atoms with Gasteiger partial charge in [0.2, 0.25) is 21.8 Å². The maximum absolute atomic E-state index is 14.0. The highest BCUT2D eigenvalue weighted by atomic mass is 32.2. The number of halogens is 2. The largest absolute Gasteiger partial charge is 0.361 e. The molecule has 0 amide bonds. The fourth-order valence-electron chi connectivity index (χ4n) is 3.17. The van der Waals surface area contributed by atoms with Gasteiger partial charge in [0.05, 0.1) is 4.92 Å². The number of hydrogen-bond acceptors (Lipinski definition) is 8. The molecule has 1 saturated heterocycles. The van der Waals surface area contributed by atoms with Crippen LogP contribution < -0.4 is 10.2 Å². The summed E-state index contributed by atoms with van der Waals surface area (Å²) in [5.74, 6) is -1.95. The topological polar surface area (TPSA) is 122 Å². The highest BCUT2D eigenvalue weighted by Gasteiger charge is 2.34. The van der Waals surface area contributed by atoms with Gasteiger partial charge in [-0.25, -0.2) is 22.2 Å². The number of aromatic nitrogens is 2. The zero-order valence-corrected chi connectivity index (χ0v) is 16.5. The minimum atomic E-state index is -4.35. The number of piperazine rings is 1. The molecule has 2 aromatic rings. The van der Waals surface area contributed by atoms with E-state index in [0.717, 1.165) is 41.5 Å². The van der Waals surface area contributed by atoms with Crippen molar-refractivity contribution in [3.63, 3.8) is 0 Å². The molecule has 1 aromatic carbocycles. The Hall–Kier alpha value is -2.93. The summed E-state index contributed by atoms with van der Waals surface area (Å²) in [6, 6.07) is 3.03. The molecule has 13 heteroatoms. The van der Waals surface area contributed by atoms with Gasteiger partial charge in [0.25, 0.3) is 0 Å². The fourth-order valence-corrected chi connectivity index (χ4v) is 4.70. The van der Waals surface area contributed by atoms with Gasteiger partial charge in [0.1, 0.15) is 17.8 Å². The number of hydrogen-bond donors (Lipinski definition) is 1. The van der Waals surface area contributed by atoms with E-state index in [0.29, 0.717) is 0 Å². The van der Waals surface area contributed by atoms with Crippen molar-refractivity contribution in [2.24, 2.45) is 0 Å². The van der Waals surface area contributed by atoms with E-state index in [-0.39, 0.29) is 49.7 Å². The molecule has 160 valence electrons. The number of anilines is 2. The lowest BCUT2D eigenvalue weighted by Crippen LogP contribution is -2.49. The quantitative estimate of drug-likeness (QED) is 0.533. The maximum Gasteiger partial charge on any atom is 0.329 e. The Morgan fingerprint density at radius 1 is 1.13 bits per heavy atom. The van der Waals surface area contributed by atoms with Crippen LogP contribution in [0, 0.1) is 21.7 Å². The monoisotopic (exact) mass is 440 g/mol. The molecule has 2 aliphatic rings. The summed E-state index contributed by atoms with van der Waals surface area (Å²) >= 11 is 0. The lowest BCUT2D eigenvalue weighted by atomic mass is 10.3. The first-order valence-electron chi connectivity index (χ1n) is 9.24. The van der Waals surface area contributed by atoms with E-state index in [1.165, 1.54) is 0 Å². The van der Waals surface area contributed by atoms with Crippen LogP contribution in [0.1, 0.15) is 12.8 Å². The lowest BCUT2D eigenvalue weighted by molar-refractivity contribution is -0.384. The van der Waals surface area contributed by atoms with Gasteiger partial charge in [-0.2, -0.15) is 9.29 Å². The second-order valence-corrected chi connectivity index (χ2v) is 8.90. The summed E-state index contributed by atoms with van der Waals surface area (Å²) in [7, 11) is -4.35. The van der Waals surface area contributed by atoms with Crippen LogP contribution in [-0.4, -0.2) is 59.8 Å². The van der Waals surface area contributed by atoms with E-state index in [9.17, 15) is 27.3 Å². The first-order valence-corrected chi connectivity index (χ1v) is 10.7. The Morgan fingerprint density at radius 2 is 1.77 bits per heavy atom. The van der Waals surface area contributed by atoms with Crippen molar-refractivity contribution in [1.82, 2.24) is 14.3 Å². The summed E-state index contributed by atoms with van der Waals surface area (Å²) in [5.41, 5.74) is -0.234. The standard InChI is InChI=1S/C17H18F2N6O4S/c18-12-2-1-3-13(19)15(12)30(28,29)24-8-6-23(7-9-24)17-20-10-14(25(26)27)16(22-17)21-11-4-5-11/h1-3,10-11H,4-9H2,(H,20,21,22). The number of nitrogens with one attached hydrogen (secondary N) is 1. The predicted octanol–water partition coefficient (Wildman–Crippen LogP) is 1.75. The zero-order valence-electron chi connectivity index (χ0n) is 15.7. The van der Waals surface area contributed by atoms with Gasteiger partial charge >= 0.3 is 5.69 Å². The highest BCUT2D eigenvalue weighted by molar-refractivity contribution is 7.89. The van der Waals surface area contributed by atoms with Crippen LogP contribution in [0.25, 0.3) is 0 Å². The Balaban J connectivity index is 1.51. The number of nitrogens with zero attached hydrogens (tertiary/aromatic N) is 5. The zero-order chi connectivity index (χ0) is 21.5. The van der Waals surface area contributed by atoms with E-state index in [4.69, 9.17) is 0 Å². The predicted molar refractivity (Wildman–Crippen MR) is 103 cm³/mol. The van der Waals surface area contributed by atoms with Crippen LogP contribution in [0.5, 0.6) is 0 Å². The van der Waals surface area contributed by atoms with E-state index in [2.05, 4.69) is 15.3 Å². The molecule has 1 aromatic heterocycles. The number of benzene rings is 1. The number of nitro groups is 1. The Bertz CT molecular complexity index is 1070. The van der Waals surface area contributed by atoms with Gasteiger partial charge in [-0.3, -0.25) is 10.1 Å². The first-order chi connectivity index (χ1) is 14.3. The average Bonchev–Trinajstić information content (AvgIpc) is 3.51. The molecule has 0 spiro atoms. The van der Waals surface area contributed by atoms with Crippen molar-refractivity contribution in [3.8, 4) is 0 Å². The van der Waals surface area contributed by atoms with Crippen molar-refractivity contribution >= 4 is 27.5 Å². The van der Waals surface area contributed by atoms with Gasteiger partial charge in [-0.05, 0) is 25.0 Å². The molecule has 1 N–H and O–H groups in total. The Kier molecular flexibility index (Phi) is 5.24. The second kappa shape index (κ2) is 7.72. The molecule has 4 rings (SSSR count). The van der Waals surface area contributed by atoms with E-state index >= 15 is 0 Å². The summed E-state index contributed by atoms with van der Waals surface area (Å²) in [5, 5.41) is 14.2. The van der Waals surface area contributed by atoms with Crippen LogP contribution in [0.3, 0.4) is 0 Å². The summed E-state index contributed by atoms with van der Waals surface area (Å²) < 4.78 is 54.3. The first kappa shape index (κ1) is 20.3. The number of sulfonamides is 1. The summed E-state index contributed by atoms with van der Waals surface area (Å²) in [6.45, 7) is 0.246. The van der Waals surface area contributed by atoms with Crippen LogP contribution in [0.15, 0.2) is 29.3 Å². The van der Waals surface area contributed by atoms with E-state index < -0.39 is 31.5 Å². The molecule has 1 aliphatic heterocycles. The van der Waals surface area contributed by atoms with Crippen molar-refractivity contribution in [2.75, 3.05) is 36.4 Å². The third kappa shape index (κ3) is 3.89. The van der Waals surface area contributed by atoms with Gasteiger partial charge < -0.3 is 10.2 Å². The van der Waals surface area contributed by atoms with Gasteiger partial charge in [0, 0.05) is 32.2 Å². The molecule has 0 radical (unpaired) electrons. The van der Waals surface area contributed by atoms with Crippen molar-refractivity contribution in [1.29, 1.82) is 0 Å². The summed E-state index contributed by atoms with van der Waals surface area (Å²) in [6.07, 6.45) is 2.92. The van der Waals surface area contributed by atoms with Gasteiger partial charge in [0.15, 0.2) is 4.90 Å². The molecular formula is C17H18F2N6O4S. The summed E-state index contributed by atoms with van der Waals surface area (Å²) in [4.78, 5) is 19.6. The molecule has 2 heterocycles. The maximum atomic E-state index is 14.0. The number of rotatable bonds is 6. The Morgan fingerprint density at radius 3 is 2.33 bits per heavy atom. The molecule has 0 bridgehead atoms. The molecule has 30 heavy (non-hydrogen) atoms. The smallest absolute Gasteiger partial charge is 0.329 e. The Labute approximate surface area is 170 Å². The molecular weight excluding hydrogens is 422 g/mol. The molecule has 0 atom stereocenters. The molecule has 0 unspecified atom stereocenters. The third-order valence-corrected chi connectivity index (χ3v) is 6.86. The minimum absolute atomic E-state index is 0.0398. The van der Waals surface area contributed by atoms with Gasteiger partial charge in [-0.15, -0.1) is 0 Å². The van der Waals surface area contributed by atoms with Crippen molar-refractivity contribution in [3.05, 3.63) is 46.1 Å². The SMILES string of the molecule is O=[N+]([O-])c1cnc(N2CCN(S(=O)(=O)c3c(F)cccc3F)CC2)nc1NC1CC1. The average molecular weight is 440 g/mol. The van der Waals surface area contributed by atoms with Crippen molar-refractivity contribution < 1.29 is 22.1 Å². The molecule has 1 aliphatic carbocycles. The third-order valence-electron chi connectivity index (χ3n) is 4.91. The van der Waals surface area contributed by atoms with Crippen LogP contribution in [-0.2, 0) is 10.0 Å². The molecule has 1 saturated carbocycles. The van der Waals surface area contributed by atoms with Crippen LogP contribution in [0.4, 0.5) is 26.2 Å². The van der Waals surface area contributed by atoms with E-state index in [1.807, 2.05) is 0 Å². The second-order valence-electron chi connectivity index (χ2n) is 7.02. The van der Waals surface area contributed by atoms with Gasteiger partial charge in [-0.1, -0.05) is 6.07 Å². The fraction of sp³-hybridized carbons (Fsp3) is 0.412. The van der Waals surface area contributed by atoms with Crippen LogP contribution >= 0.6 is 0 Å². The molecule has 2 fully saturated rings. The molecule has 10 nitrogen and oxygen atoms in total. The highest BCUT2D eigenvalue weighted by Crippen LogP contribution is 2.30. The normalized spacial score (nSPS) is 17.7.